The monoisotopic (exact) mass is 431 g/mol. The van der Waals surface area contributed by atoms with E-state index in [4.69, 9.17) is 9.15 Å². The zero-order valence-electron chi connectivity index (χ0n) is 18.3. The van der Waals surface area contributed by atoms with Crippen LogP contribution in [0.5, 0.6) is 0 Å². The minimum absolute atomic E-state index is 0.0147. The molecule has 1 saturated heterocycles. The maximum atomic E-state index is 11.8. The predicted molar refractivity (Wildman–Crippen MR) is 113 cm³/mol. The topological polar surface area (TPSA) is 124 Å². The lowest BCUT2D eigenvalue weighted by molar-refractivity contribution is -0.384. The Kier molecular flexibility index (Phi) is 6.89. The zero-order valence-corrected chi connectivity index (χ0v) is 18.3. The van der Waals surface area contributed by atoms with E-state index in [2.05, 4.69) is 20.4 Å². The Balaban J connectivity index is 1.50. The first-order valence-electron chi connectivity index (χ1n) is 10.4. The molecule has 2 heterocycles. The average Bonchev–Trinajstić information content (AvgIpc) is 3.21. The molecule has 1 unspecified atom stereocenters. The predicted octanol–water partition coefficient (Wildman–Crippen LogP) is 3.94. The number of nitrogens with zero attached hydrogens (tertiary/aromatic N) is 4. The summed E-state index contributed by atoms with van der Waals surface area (Å²) in [5, 5.41) is 21.9. The van der Waals surface area contributed by atoms with Gasteiger partial charge in [-0.05, 0) is 71.7 Å². The molecule has 1 aliphatic rings. The van der Waals surface area contributed by atoms with Crippen molar-refractivity contribution in [2.24, 2.45) is 5.92 Å². The second-order valence-corrected chi connectivity index (χ2v) is 8.79. The van der Waals surface area contributed by atoms with Gasteiger partial charge in [0.05, 0.1) is 11.0 Å². The molecule has 3 rings (SSSR count). The second kappa shape index (κ2) is 9.42. The molecule has 1 atom stereocenters. The molecule has 1 aromatic carbocycles. The van der Waals surface area contributed by atoms with Gasteiger partial charge in [0, 0.05) is 24.2 Å². The van der Waals surface area contributed by atoms with Gasteiger partial charge in [-0.25, -0.2) is 4.79 Å². The minimum atomic E-state index is -0.500. The van der Waals surface area contributed by atoms with Gasteiger partial charge in [0.15, 0.2) is 0 Å². The van der Waals surface area contributed by atoms with Gasteiger partial charge >= 0.3 is 6.09 Å². The Labute approximate surface area is 181 Å². The van der Waals surface area contributed by atoms with Crippen LogP contribution in [0.2, 0.25) is 0 Å². The fourth-order valence-electron chi connectivity index (χ4n) is 3.49. The molecule has 10 heteroatoms. The SMILES string of the molecule is CC(c1nnc(-c2ccc([N+](=O)[O-])cc2)o1)N1CCC(CNC(=O)OC(C)(C)C)CC1. The molecule has 0 aliphatic carbocycles. The van der Waals surface area contributed by atoms with E-state index in [1.807, 2.05) is 27.7 Å². The number of nitrogens with one attached hydrogen (secondary N) is 1. The number of non-ortho nitro benzene ring substituents is 1. The number of carbonyl (C=O) groups excluding carboxylic acids is 1. The van der Waals surface area contributed by atoms with Crippen LogP contribution >= 0.6 is 0 Å². The summed E-state index contributed by atoms with van der Waals surface area (Å²) in [6.07, 6.45) is 1.51. The first-order chi connectivity index (χ1) is 14.6. The molecule has 2 aromatic rings. The lowest BCUT2D eigenvalue weighted by Gasteiger charge is -2.34. The van der Waals surface area contributed by atoms with E-state index in [0.29, 0.717) is 29.8 Å². The highest BCUT2D eigenvalue weighted by Crippen LogP contribution is 2.28. The van der Waals surface area contributed by atoms with Gasteiger partial charge < -0.3 is 14.5 Å². The molecule has 0 spiro atoms. The third kappa shape index (κ3) is 6.24. The highest BCUT2D eigenvalue weighted by molar-refractivity contribution is 5.67. The molecule has 1 amide bonds. The maximum absolute atomic E-state index is 11.8. The fraction of sp³-hybridized carbons (Fsp3) is 0.571. The number of hydrogen-bond donors (Lipinski definition) is 1. The number of benzene rings is 1. The number of rotatable bonds is 6. The first-order valence-corrected chi connectivity index (χ1v) is 10.4. The number of ether oxygens (including phenoxy) is 1. The van der Waals surface area contributed by atoms with E-state index in [0.717, 1.165) is 25.9 Å². The summed E-state index contributed by atoms with van der Waals surface area (Å²) >= 11 is 0. The van der Waals surface area contributed by atoms with Crippen molar-refractivity contribution in [3.05, 3.63) is 40.3 Å². The summed E-state index contributed by atoms with van der Waals surface area (Å²) in [6.45, 7) is 9.87. The van der Waals surface area contributed by atoms with E-state index >= 15 is 0 Å². The van der Waals surface area contributed by atoms with Crippen molar-refractivity contribution in [2.75, 3.05) is 19.6 Å². The average molecular weight is 431 g/mol. The van der Waals surface area contributed by atoms with Crippen molar-refractivity contribution in [3.8, 4) is 11.5 Å². The van der Waals surface area contributed by atoms with Crippen LogP contribution < -0.4 is 5.32 Å². The lowest BCUT2D eigenvalue weighted by Crippen LogP contribution is -2.41. The minimum Gasteiger partial charge on any atom is -0.444 e. The van der Waals surface area contributed by atoms with Gasteiger partial charge in [-0.1, -0.05) is 0 Å². The zero-order chi connectivity index (χ0) is 22.6. The number of nitro groups is 1. The van der Waals surface area contributed by atoms with Crippen molar-refractivity contribution >= 4 is 11.8 Å². The van der Waals surface area contributed by atoms with Crippen LogP contribution in [0.4, 0.5) is 10.5 Å². The molecule has 1 aromatic heterocycles. The van der Waals surface area contributed by atoms with Crippen LogP contribution in [0.25, 0.3) is 11.5 Å². The van der Waals surface area contributed by atoms with Crippen molar-refractivity contribution in [1.29, 1.82) is 0 Å². The molecular weight excluding hydrogens is 402 g/mol. The van der Waals surface area contributed by atoms with Crippen LogP contribution in [0.15, 0.2) is 28.7 Å². The van der Waals surface area contributed by atoms with E-state index in [1.165, 1.54) is 12.1 Å². The van der Waals surface area contributed by atoms with Crippen molar-refractivity contribution in [1.82, 2.24) is 20.4 Å². The standard InChI is InChI=1S/C21H29N5O5/c1-14(18-23-24-19(30-18)16-5-7-17(8-6-16)26(28)29)25-11-9-15(10-12-25)13-22-20(27)31-21(2,3)4/h5-8,14-15H,9-13H2,1-4H3,(H,22,27). The highest BCUT2D eigenvalue weighted by Gasteiger charge is 2.27. The van der Waals surface area contributed by atoms with Gasteiger partial charge in [0.2, 0.25) is 11.8 Å². The number of piperidine rings is 1. The summed E-state index contributed by atoms with van der Waals surface area (Å²) < 4.78 is 11.1. The molecule has 0 saturated carbocycles. The van der Waals surface area contributed by atoms with Gasteiger partial charge in [-0.2, -0.15) is 0 Å². The van der Waals surface area contributed by atoms with Gasteiger partial charge in [0.1, 0.15) is 5.60 Å². The van der Waals surface area contributed by atoms with Crippen LogP contribution in [-0.2, 0) is 4.74 Å². The van der Waals surface area contributed by atoms with Crippen LogP contribution in [0.3, 0.4) is 0 Å². The molecule has 1 N–H and O–H groups in total. The third-order valence-electron chi connectivity index (χ3n) is 5.25. The number of nitro benzene ring substituents is 1. The van der Waals surface area contributed by atoms with Crippen LogP contribution in [-0.4, -0.2) is 51.3 Å². The van der Waals surface area contributed by atoms with E-state index in [1.54, 1.807) is 12.1 Å². The lowest BCUT2D eigenvalue weighted by atomic mass is 9.96. The number of carbonyl (C=O) groups is 1. The number of likely N-dealkylation sites (tertiary alicyclic amines) is 1. The quantitative estimate of drug-likeness (QED) is 0.539. The summed E-state index contributed by atoms with van der Waals surface area (Å²) in [7, 11) is 0. The second-order valence-electron chi connectivity index (χ2n) is 8.79. The normalized spacial score (nSPS) is 16.6. The number of aromatic nitrogens is 2. The maximum Gasteiger partial charge on any atom is 0.407 e. The Hall–Kier alpha value is -3.01. The highest BCUT2D eigenvalue weighted by atomic mass is 16.6. The van der Waals surface area contributed by atoms with Crippen molar-refractivity contribution in [3.63, 3.8) is 0 Å². The number of alkyl carbamates (subject to hydrolysis) is 1. The third-order valence-corrected chi connectivity index (χ3v) is 5.25. The molecule has 168 valence electrons. The van der Waals surface area contributed by atoms with Crippen LogP contribution in [0.1, 0.15) is 52.5 Å². The Morgan fingerprint density at radius 3 is 2.52 bits per heavy atom. The van der Waals surface area contributed by atoms with Gasteiger partial charge in [-0.3, -0.25) is 15.0 Å². The molecule has 10 nitrogen and oxygen atoms in total. The smallest absolute Gasteiger partial charge is 0.407 e. The van der Waals surface area contributed by atoms with E-state index in [-0.39, 0.29) is 17.8 Å². The molecule has 0 bridgehead atoms. The van der Waals surface area contributed by atoms with Crippen LogP contribution in [0, 0.1) is 16.0 Å². The fourth-order valence-corrected chi connectivity index (χ4v) is 3.49. The molecule has 1 aliphatic heterocycles. The van der Waals surface area contributed by atoms with Crippen molar-refractivity contribution in [2.45, 2.75) is 52.2 Å². The Morgan fingerprint density at radius 2 is 1.94 bits per heavy atom. The molecular formula is C21H29N5O5. The summed E-state index contributed by atoms with van der Waals surface area (Å²) in [5.41, 5.74) is 0.157. The Morgan fingerprint density at radius 1 is 1.29 bits per heavy atom. The van der Waals surface area contributed by atoms with E-state index < -0.39 is 10.5 Å². The summed E-state index contributed by atoms with van der Waals surface area (Å²) in [5.74, 6) is 1.25. The molecule has 0 radical (unpaired) electrons. The van der Waals surface area contributed by atoms with Gasteiger partial charge in [-0.15, -0.1) is 10.2 Å². The number of hydrogen-bond acceptors (Lipinski definition) is 8. The largest absolute Gasteiger partial charge is 0.444 e. The Bertz CT molecular complexity index is 898. The number of amides is 1. The van der Waals surface area contributed by atoms with Crippen molar-refractivity contribution < 1.29 is 18.9 Å². The first kappa shape index (κ1) is 22.7. The molecule has 1 fully saturated rings. The summed E-state index contributed by atoms with van der Waals surface area (Å²) in [6, 6.07) is 5.99. The summed E-state index contributed by atoms with van der Waals surface area (Å²) in [4.78, 5) is 24.4. The van der Waals surface area contributed by atoms with E-state index in [9.17, 15) is 14.9 Å². The van der Waals surface area contributed by atoms with Gasteiger partial charge in [0.25, 0.3) is 5.69 Å². The molecule has 31 heavy (non-hydrogen) atoms.